The Morgan fingerprint density at radius 3 is 2.76 bits per heavy atom. The molecule has 21 heavy (non-hydrogen) atoms. The molecule has 0 unspecified atom stereocenters. The van der Waals surface area contributed by atoms with Crippen LogP contribution in [-0.4, -0.2) is 10.4 Å². The monoisotopic (exact) mass is 342 g/mol. The molecule has 0 N–H and O–H groups in total. The summed E-state index contributed by atoms with van der Waals surface area (Å²) in [6.45, 7) is 4.22. The van der Waals surface area contributed by atoms with E-state index in [-0.39, 0.29) is 11.2 Å². The van der Waals surface area contributed by atoms with Crippen LogP contribution in [-0.2, 0) is 6.42 Å². The summed E-state index contributed by atoms with van der Waals surface area (Å²) in [7, 11) is 0. The Kier molecular flexibility index (Phi) is 3.26. The summed E-state index contributed by atoms with van der Waals surface area (Å²) in [5.41, 5.74) is 3.18. The van der Waals surface area contributed by atoms with Gasteiger partial charge in [-0.15, -0.1) is 0 Å². The van der Waals surface area contributed by atoms with Crippen molar-refractivity contribution in [3.63, 3.8) is 0 Å². The van der Waals surface area contributed by atoms with Crippen molar-refractivity contribution in [1.29, 1.82) is 5.26 Å². The van der Waals surface area contributed by atoms with Crippen LogP contribution < -0.4 is 0 Å². The van der Waals surface area contributed by atoms with Crippen LogP contribution >= 0.6 is 15.9 Å². The number of hydrogen-bond donors (Lipinski definition) is 0. The molecule has 4 heteroatoms. The Balaban J connectivity index is 2.21. The Labute approximate surface area is 132 Å². The molecule has 2 aromatic rings. The maximum Gasteiger partial charge on any atom is 0.165 e. The zero-order chi connectivity index (χ0) is 15.2. The van der Waals surface area contributed by atoms with Crippen LogP contribution in [0.2, 0.25) is 0 Å². The van der Waals surface area contributed by atoms with Crippen LogP contribution in [0.25, 0.3) is 5.69 Å². The molecule has 1 aliphatic rings. The lowest BCUT2D eigenvalue weighted by Gasteiger charge is -2.29. The first-order valence-electron chi connectivity index (χ1n) is 6.85. The Bertz CT molecular complexity index is 781. The van der Waals surface area contributed by atoms with E-state index in [2.05, 4.69) is 35.8 Å². The quantitative estimate of drug-likeness (QED) is 0.776. The highest BCUT2D eigenvalue weighted by molar-refractivity contribution is 9.10. The first kappa shape index (κ1) is 14.1. The summed E-state index contributed by atoms with van der Waals surface area (Å²) < 4.78 is 2.90. The van der Waals surface area contributed by atoms with Gasteiger partial charge in [-0.3, -0.25) is 4.79 Å². The van der Waals surface area contributed by atoms with E-state index in [1.807, 2.05) is 29.0 Å². The zero-order valence-electron chi connectivity index (χ0n) is 12.0. The van der Waals surface area contributed by atoms with Gasteiger partial charge in [-0.1, -0.05) is 29.8 Å². The van der Waals surface area contributed by atoms with Crippen LogP contribution in [0.3, 0.4) is 0 Å². The molecule has 0 aliphatic heterocycles. The number of nitrogens with zero attached hydrogens (tertiary/aromatic N) is 2. The number of halogens is 1. The smallest absolute Gasteiger partial charge is 0.165 e. The van der Waals surface area contributed by atoms with Gasteiger partial charge in [0.1, 0.15) is 6.07 Å². The minimum absolute atomic E-state index is 0.0427. The molecule has 0 spiro atoms. The molecule has 0 saturated heterocycles. The first-order valence-corrected chi connectivity index (χ1v) is 7.64. The summed E-state index contributed by atoms with van der Waals surface area (Å²) in [5, 5.41) is 9.32. The van der Waals surface area contributed by atoms with Gasteiger partial charge in [0.2, 0.25) is 0 Å². The number of nitriles is 1. The normalized spacial score (nSPS) is 16.4. The highest BCUT2D eigenvalue weighted by atomic mass is 79.9. The van der Waals surface area contributed by atoms with Gasteiger partial charge in [-0.2, -0.15) is 5.26 Å². The maximum absolute atomic E-state index is 12.3. The molecule has 0 amide bonds. The highest BCUT2D eigenvalue weighted by Gasteiger charge is 2.33. The van der Waals surface area contributed by atoms with E-state index in [1.165, 1.54) is 0 Å². The second-order valence-electron chi connectivity index (χ2n) is 6.26. The molecule has 1 aliphatic carbocycles. The van der Waals surface area contributed by atoms with E-state index < -0.39 is 0 Å². The fourth-order valence-electron chi connectivity index (χ4n) is 2.97. The van der Waals surface area contributed by atoms with Crippen molar-refractivity contribution in [2.75, 3.05) is 0 Å². The van der Waals surface area contributed by atoms with Crippen LogP contribution in [0.1, 0.15) is 41.9 Å². The minimum Gasteiger partial charge on any atom is -0.319 e. The van der Waals surface area contributed by atoms with Crippen molar-refractivity contribution in [2.24, 2.45) is 5.41 Å². The number of rotatable bonds is 1. The highest BCUT2D eigenvalue weighted by Crippen LogP contribution is 2.36. The van der Waals surface area contributed by atoms with Gasteiger partial charge in [0.15, 0.2) is 5.78 Å². The van der Waals surface area contributed by atoms with Crippen molar-refractivity contribution < 1.29 is 4.79 Å². The molecule has 1 aromatic carbocycles. The predicted octanol–water partition coefficient (Wildman–Crippen LogP) is 4.27. The lowest BCUT2D eigenvalue weighted by Crippen LogP contribution is -2.27. The van der Waals surface area contributed by atoms with Gasteiger partial charge < -0.3 is 4.57 Å². The zero-order valence-corrected chi connectivity index (χ0v) is 13.6. The summed E-state index contributed by atoms with van der Waals surface area (Å²) in [4.78, 5) is 12.3. The van der Waals surface area contributed by atoms with Gasteiger partial charge in [-0.05, 0) is 36.1 Å². The lowest BCUT2D eigenvalue weighted by molar-refractivity contribution is 0.0911. The summed E-state index contributed by atoms with van der Waals surface area (Å²) in [6, 6.07) is 9.66. The van der Waals surface area contributed by atoms with Crippen molar-refractivity contribution in [3.05, 3.63) is 51.8 Å². The summed E-state index contributed by atoms with van der Waals surface area (Å²) in [6.07, 6.45) is 3.30. The fourth-order valence-corrected chi connectivity index (χ4v) is 3.32. The second-order valence-corrected chi connectivity index (χ2v) is 7.18. The third-order valence-corrected chi connectivity index (χ3v) is 4.41. The molecule has 0 fully saturated rings. The molecular formula is C17H15BrN2O. The van der Waals surface area contributed by atoms with Gasteiger partial charge in [0.25, 0.3) is 0 Å². The van der Waals surface area contributed by atoms with E-state index in [9.17, 15) is 10.1 Å². The van der Waals surface area contributed by atoms with E-state index in [4.69, 9.17) is 0 Å². The van der Waals surface area contributed by atoms with E-state index in [0.717, 1.165) is 27.8 Å². The lowest BCUT2D eigenvalue weighted by atomic mass is 9.76. The van der Waals surface area contributed by atoms with Crippen molar-refractivity contribution in [3.8, 4) is 11.8 Å². The Morgan fingerprint density at radius 1 is 1.29 bits per heavy atom. The average Bonchev–Trinajstić information content (AvgIpc) is 2.80. The van der Waals surface area contributed by atoms with Gasteiger partial charge in [0, 0.05) is 28.3 Å². The van der Waals surface area contributed by atoms with Crippen LogP contribution in [0.15, 0.2) is 34.9 Å². The molecule has 1 aromatic heterocycles. The third-order valence-electron chi connectivity index (χ3n) is 3.92. The molecule has 3 rings (SSSR count). The first-order chi connectivity index (χ1) is 9.91. The number of hydrogen-bond acceptors (Lipinski definition) is 2. The minimum atomic E-state index is -0.0427. The largest absolute Gasteiger partial charge is 0.319 e. The SMILES string of the molecule is CC1(C)CC(=O)c2ccn(-c3cc(Br)ccc3C#N)c2C1. The number of fused-ring (bicyclic) bond motifs is 1. The van der Waals surface area contributed by atoms with Crippen LogP contribution in [0.4, 0.5) is 0 Å². The Hall–Kier alpha value is -1.86. The standard InChI is InChI=1S/C17H15BrN2O/c1-17(2)8-15-13(16(21)9-17)5-6-20(15)14-7-12(18)4-3-11(14)10-19/h3-7H,8-9H2,1-2H3. The Morgan fingerprint density at radius 2 is 2.05 bits per heavy atom. The third kappa shape index (κ3) is 2.43. The van der Waals surface area contributed by atoms with Gasteiger partial charge in [-0.25, -0.2) is 0 Å². The molecule has 3 nitrogen and oxygen atoms in total. The molecule has 0 atom stereocenters. The second kappa shape index (κ2) is 4.85. The van der Waals surface area contributed by atoms with Crippen LogP contribution in [0.5, 0.6) is 0 Å². The van der Waals surface area contributed by atoms with Crippen molar-refractivity contribution >= 4 is 21.7 Å². The van der Waals surface area contributed by atoms with E-state index in [0.29, 0.717) is 12.0 Å². The van der Waals surface area contributed by atoms with Crippen LogP contribution in [0, 0.1) is 16.7 Å². The van der Waals surface area contributed by atoms with Crippen molar-refractivity contribution in [1.82, 2.24) is 4.57 Å². The summed E-state index contributed by atoms with van der Waals surface area (Å²) >= 11 is 3.45. The van der Waals surface area contributed by atoms with Gasteiger partial charge in [0.05, 0.1) is 11.3 Å². The molecular weight excluding hydrogens is 328 g/mol. The number of benzene rings is 1. The topological polar surface area (TPSA) is 45.8 Å². The number of Topliss-reactive ketones (excluding diaryl/α,β-unsaturated/α-hetero) is 1. The van der Waals surface area contributed by atoms with E-state index in [1.54, 1.807) is 6.07 Å². The van der Waals surface area contributed by atoms with Crippen molar-refractivity contribution in [2.45, 2.75) is 26.7 Å². The van der Waals surface area contributed by atoms with Gasteiger partial charge >= 0.3 is 0 Å². The molecule has 0 saturated carbocycles. The number of ketones is 1. The molecule has 0 radical (unpaired) electrons. The predicted molar refractivity (Wildman–Crippen MR) is 84.6 cm³/mol. The molecule has 106 valence electrons. The average molecular weight is 343 g/mol. The maximum atomic E-state index is 12.3. The molecule has 1 heterocycles. The molecule has 0 bridgehead atoms. The fraction of sp³-hybridized carbons (Fsp3) is 0.294. The van der Waals surface area contributed by atoms with E-state index >= 15 is 0 Å². The number of carbonyl (C=O) groups excluding carboxylic acids is 1. The summed E-state index contributed by atoms with van der Waals surface area (Å²) in [5.74, 6) is 0.188. The number of aromatic nitrogens is 1. The number of carbonyl (C=O) groups is 1.